The lowest BCUT2D eigenvalue weighted by Gasteiger charge is -2.05. The molecule has 2 aromatic rings. The van der Waals surface area contributed by atoms with Crippen LogP contribution >= 0.6 is 22.9 Å². The number of thiophene rings is 1. The van der Waals surface area contributed by atoms with Crippen LogP contribution < -0.4 is 4.74 Å². The molecule has 0 atom stereocenters. The molecule has 0 N–H and O–H groups in total. The minimum atomic E-state index is 0.524. The van der Waals surface area contributed by atoms with Crippen LogP contribution in [0.2, 0.25) is 0 Å². The molecule has 0 spiro atoms. The van der Waals surface area contributed by atoms with Gasteiger partial charge in [-0.3, -0.25) is 0 Å². The van der Waals surface area contributed by atoms with Crippen LogP contribution in [0, 0.1) is 0 Å². The van der Waals surface area contributed by atoms with Gasteiger partial charge in [-0.15, -0.1) is 22.9 Å². The van der Waals surface area contributed by atoms with Gasteiger partial charge in [-0.25, -0.2) is 0 Å². The van der Waals surface area contributed by atoms with Gasteiger partial charge in [-0.2, -0.15) is 0 Å². The Morgan fingerprint density at radius 3 is 2.87 bits per heavy atom. The van der Waals surface area contributed by atoms with E-state index >= 15 is 0 Å². The zero-order valence-corrected chi connectivity index (χ0v) is 9.72. The molecule has 0 aliphatic rings. The molecule has 0 bridgehead atoms. The molecule has 78 valence electrons. The monoisotopic (exact) mass is 238 g/mol. The van der Waals surface area contributed by atoms with Crippen molar-refractivity contribution in [1.82, 2.24) is 0 Å². The first-order valence-corrected chi connectivity index (χ1v) is 6.10. The Kier molecular flexibility index (Phi) is 3.64. The number of alkyl halides is 1. The molecule has 0 radical (unpaired) electrons. The SMILES string of the molecule is ClCc1cccc(OCc2cccs2)c1. The molecule has 3 heteroatoms. The summed E-state index contributed by atoms with van der Waals surface area (Å²) < 4.78 is 5.64. The number of halogens is 1. The van der Waals surface area contributed by atoms with Gasteiger partial charge in [0, 0.05) is 10.8 Å². The van der Waals surface area contributed by atoms with Gasteiger partial charge in [0.25, 0.3) is 0 Å². The van der Waals surface area contributed by atoms with Gasteiger partial charge in [0.1, 0.15) is 12.4 Å². The minimum absolute atomic E-state index is 0.524. The van der Waals surface area contributed by atoms with Crippen molar-refractivity contribution in [2.75, 3.05) is 0 Å². The highest BCUT2D eigenvalue weighted by atomic mass is 35.5. The van der Waals surface area contributed by atoms with E-state index in [2.05, 4.69) is 6.07 Å². The van der Waals surface area contributed by atoms with Gasteiger partial charge in [-0.1, -0.05) is 18.2 Å². The molecule has 0 saturated heterocycles. The smallest absolute Gasteiger partial charge is 0.122 e. The number of rotatable bonds is 4. The Labute approximate surface area is 98.3 Å². The van der Waals surface area contributed by atoms with Gasteiger partial charge < -0.3 is 4.74 Å². The van der Waals surface area contributed by atoms with Crippen molar-refractivity contribution in [3.8, 4) is 5.75 Å². The van der Waals surface area contributed by atoms with Crippen LogP contribution in [0.15, 0.2) is 41.8 Å². The molecule has 1 heterocycles. The summed E-state index contributed by atoms with van der Waals surface area (Å²) in [5.41, 5.74) is 1.08. The van der Waals surface area contributed by atoms with Crippen molar-refractivity contribution in [2.24, 2.45) is 0 Å². The molecule has 0 aliphatic heterocycles. The maximum absolute atomic E-state index is 5.75. The fourth-order valence-electron chi connectivity index (χ4n) is 1.27. The molecule has 0 saturated carbocycles. The summed E-state index contributed by atoms with van der Waals surface area (Å²) in [4.78, 5) is 1.23. The van der Waals surface area contributed by atoms with Gasteiger partial charge in [0.05, 0.1) is 0 Å². The largest absolute Gasteiger partial charge is 0.488 e. The van der Waals surface area contributed by atoms with Crippen LogP contribution in [0.25, 0.3) is 0 Å². The van der Waals surface area contributed by atoms with Crippen molar-refractivity contribution < 1.29 is 4.74 Å². The molecular weight excluding hydrogens is 228 g/mol. The zero-order chi connectivity index (χ0) is 10.5. The van der Waals surface area contributed by atoms with Gasteiger partial charge >= 0.3 is 0 Å². The molecule has 0 amide bonds. The first kappa shape index (κ1) is 10.5. The van der Waals surface area contributed by atoms with Crippen molar-refractivity contribution in [1.29, 1.82) is 0 Å². The lowest BCUT2D eigenvalue weighted by Crippen LogP contribution is -1.93. The predicted octanol–water partition coefficient (Wildman–Crippen LogP) is 4.07. The second-order valence-corrected chi connectivity index (χ2v) is 4.45. The van der Waals surface area contributed by atoms with Crippen LogP contribution in [-0.4, -0.2) is 0 Å². The standard InChI is InChI=1S/C12H11ClOS/c13-8-10-3-1-4-11(7-10)14-9-12-5-2-6-15-12/h1-7H,8-9H2. The van der Waals surface area contributed by atoms with E-state index in [1.54, 1.807) is 11.3 Å². The summed E-state index contributed by atoms with van der Waals surface area (Å²) in [5.74, 6) is 1.40. The first-order chi connectivity index (χ1) is 7.38. The van der Waals surface area contributed by atoms with Gasteiger partial charge in [-0.05, 0) is 29.1 Å². The molecule has 0 fully saturated rings. The third kappa shape index (κ3) is 2.98. The molecule has 1 nitrogen and oxygen atoms in total. The summed E-state index contributed by atoms with van der Waals surface area (Å²) in [7, 11) is 0. The van der Waals surface area contributed by atoms with E-state index < -0.39 is 0 Å². The Morgan fingerprint density at radius 2 is 2.13 bits per heavy atom. The Morgan fingerprint density at radius 1 is 1.20 bits per heavy atom. The number of ether oxygens (including phenoxy) is 1. The normalized spacial score (nSPS) is 10.2. The van der Waals surface area contributed by atoms with Crippen molar-refractivity contribution in [3.63, 3.8) is 0 Å². The highest BCUT2D eigenvalue weighted by molar-refractivity contribution is 7.09. The first-order valence-electron chi connectivity index (χ1n) is 4.68. The van der Waals surface area contributed by atoms with E-state index in [0.717, 1.165) is 11.3 Å². The Bertz CT molecular complexity index is 411. The predicted molar refractivity (Wildman–Crippen MR) is 64.7 cm³/mol. The number of hydrogen-bond donors (Lipinski definition) is 0. The average molecular weight is 239 g/mol. The minimum Gasteiger partial charge on any atom is -0.488 e. The number of hydrogen-bond acceptors (Lipinski definition) is 2. The summed E-state index contributed by atoms with van der Waals surface area (Å²) in [5, 5.41) is 2.05. The van der Waals surface area contributed by atoms with Crippen LogP contribution in [0.4, 0.5) is 0 Å². The lowest BCUT2D eigenvalue weighted by atomic mass is 10.2. The van der Waals surface area contributed by atoms with Crippen LogP contribution in [0.5, 0.6) is 5.75 Å². The fraction of sp³-hybridized carbons (Fsp3) is 0.167. The van der Waals surface area contributed by atoms with Gasteiger partial charge in [0.15, 0.2) is 0 Å². The number of benzene rings is 1. The van der Waals surface area contributed by atoms with E-state index in [9.17, 15) is 0 Å². The summed E-state index contributed by atoms with van der Waals surface area (Å²) in [6.07, 6.45) is 0. The Hall–Kier alpha value is -0.990. The summed E-state index contributed by atoms with van der Waals surface area (Å²) >= 11 is 7.45. The second kappa shape index (κ2) is 5.19. The maximum Gasteiger partial charge on any atom is 0.122 e. The molecule has 1 aromatic carbocycles. The maximum atomic E-state index is 5.75. The van der Waals surface area contributed by atoms with E-state index in [4.69, 9.17) is 16.3 Å². The van der Waals surface area contributed by atoms with Crippen molar-refractivity contribution >= 4 is 22.9 Å². The summed E-state index contributed by atoms with van der Waals surface area (Å²) in [6, 6.07) is 12.0. The molecule has 1 aromatic heterocycles. The van der Waals surface area contributed by atoms with E-state index in [-0.39, 0.29) is 0 Å². The lowest BCUT2D eigenvalue weighted by molar-refractivity contribution is 0.309. The van der Waals surface area contributed by atoms with E-state index in [1.165, 1.54) is 4.88 Å². The van der Waals surface area contributed by atoms with Crippen LogP contribution in [0.3, 0.4) is 0 Å². The van der Waals surface area contributed by atoms with Crippen molar-refractivity contribution in [3.05, 3.63) is 52.2 Å². The molecule has 15 heavy (non-hydrogen) atoms. The van der Waals surface area contributed by atoms with Gasteiger partial charge in [0.2, 0.25) is 0 Å². The fourth-order valence-corrected chi connectivity index (χ4v) is 2.05. The topological polar surface area (TPSA) is 9.23 Å². The highest BCUT2D eigenvalue weighted by Crippen LogP contribution is 2.17. The quantitative estimate of drug-likeness (QED) is 0.730. The zero-order valence-electron chi connectivity index (χ0n) is 8.15. The third-order valence-corrected chi connectivity index (χ3v) is 3.17. The molecule has 2 rings (SSSR count). The summed E-state index contributed by atoms with van der Waals surface area (Å²) in [6.45, 7) is 0.628. The van der Waals surface area contributed by atoms with E-state index in [1.807, 2.05) is 35.7 Å². The molecule has 0 aliphatic carbocycles. The average Bonchev–Trinajstić information content (AvgIpc) is 2.79. The molecular formula is C12H11ClOS. The second-order valence-electron chi connectivity index (χ2n) is 3.15. The van der Waals surface area contributed by atoms with E-state index in [0.29, 0.717) is 12.5 Å². The molecule has 0 unspecified atom stereocenters. The van der Waals surface area contributed by atoms with Crippen molar-refractivity contribution in [2.45, 2.75) is 12.5 Å². The third-order valence-electron chi connectivity index (χ3n) is 2.01. The van der Waals surface area contributed by atoms with Crippen LogP contribution in [-0.2, 0) is 12.5 Å². The van der Waals surface area contributed by atoms with Crippen LogP contribution in [0.1, 0.15) is 10.4 Å². The highest BCUT2D eigenvalue weighted by Gasteiger charge is 1.97. The Balaban J connectivity index is 1.98.